The third-order valence-electron chi connectivity index (χ3n) is 4.75. The zero-order valence-electron chi connectivity index (χ0n) is 15.8. The van der Waals surface area contributed by atoms with Crippen molar-refractivity contribution in [3.63, 3.8) is 0 Å². The first kappa shape index (κ1) is 21.6. The van der Waals surface area contributed by atoms with Crippen LogP contribution in [0, 0.1) is 0 Å². The van der Waals surface area contributed by atoms with E-state index in [-0.39, 0.29) is 36.3 Å². The van der Waals surface area contributed by atoms with Crippen molar-refractivity contribution in [1.82, 2.24) is 4.90 Å². The normalized spacial score (nSPS) is 19.5. The maximum atomic E-state index is 12.9. The molecule has 0 fully saturated rings. The van der Waals surface area contributed by atoms with Crippen LogP contribution in [0.2, 0.25) is 10.0 Å². The lowest BCUT2D eigenvalue weighted by Crippen LogP contribution is -2.43. The van der Waals surface area contributed by atoms with Gasteiger partial charge in [0.15, 0.2) is 15.8 Å². The number of hydrogen-bond donors (Lipinski definition) is 1. The van der Waals surface area contributed by atoms with Crippen molar-refractivity contribution in [3.05, 3.63) is 69.7 Å². The number of amides is 1. The average Bonchev–Trinajstić information content (AvgIpc) is 2.84. The zero-order chi connectivity index (χ0) is 21.2. The van der Waals surface area contributed by atoms with Gasteiger partial charge in [-0.3, -0.25) is 9.69 Å². The lowest BCUT2D eigenvalue weighted by Gasteiger charge is -2.22. The lowest BCUT2D eigenvalue weighted by atomic mass is 9.99. The van der Waals surface area contributed by atoms with E-state index in [1.165, 1.54) is 4.90 Å². The van der Waals surface area contributed by atoms with E-state index in [1.807, 2.05) is 6.07 Å². The molecule has 0 saturated heterocycles. The predicted octanol–water partition coefficient (Wildman–Crippen LogP) is 3.41. The highest BCUT2D eigenvalue weighted by Gasteiger charge is 2.44. The second-order valence-electron chi connectivity index (χ2n) is 7.24. The number of rotatable bonds is 7. The number of halogens is 2. The molecule has 0 radical (unpaired) electrons. The van der Waals surface area contributed by atoms with Gasteiger partial charge in [0.05, 0.1) is 18.1 Å². The summed E-state index contributed by atoms with van der Waals surface area (Å²) in [6.45, 7) is 1.83. The fourth-order valence-corrected chi connectivity index (χ4v) is 5.16. The molecule has 3 rings (SSSR count). The van der Waals surface area contributed by atoms with Crippen LogP contribution in [0.15, 0.2) is 53.5 Å². The van der Waals surface area contributed by atoms with E-state index in [0.717, 1.165) is 5.56 Å². The van der Waals surface area contributed by atoms with Crippen molar-refractivity contribution in [2.75, 3.05) is 5.75 Å². The van der Waals surface area contributed by atoms with Gasteiger partial charge in [0, 0.05) is 10.0 Å². The molecule has 29 heavy (non-hydrogen) atoms. The van der Waals surface area contributed by atoms with E-state index >= 15 is 0 Å². The Morgan fingerprint density at radius 1 is 1.07 bits per heavy atom. The van der Waals surface area contributed by atoms with Crippen LogP contribution >= 0.6 is 23.2 Å². The Morgan fingerprint density at radius 2 is 1.66 bits per heavy atom. The van der Waals surface area contributed by atoms with Crippen LogP contribution in [0.3, 0.4) is 0 Å². The molecular weight excluding hydrogens is 433 g/mol. The standard InChI is InChI=1S/C20H21Cl2N3O3S/c1-20(8-9-29(27,28)13-15-5-3-7-17(22)11-15)18(26)25(19(23)24-20)12-14-4-2-6-16(21)10-14/h2-7,10-11H,8-9,12-13H2,1H3,(H2,23,24). The number of nitrogens with zero attached hydrogens (tertiary/aromatic N) is 2. The SMILES string of the molecule is CC1(CCS(=O)(=O)Cc2cccc(Cl)c2)N=C(N)N(Cc2cccc(Cl)c2)C1=O. The molecule has 2 N–H and O–H groups in total. The van der Waals surface area contributed by atoms with Crippen molar-refractivity contribution in [1.29, 1.82) is 0 Å². The lowest BCUT2D eigenvalue weighted by molar-refractivity contribution is -0.131. The summed E-state index contributed by atoms with van der Waals surface area (Å²) in [6.07, 6.45) is 0.0431. The topological polar surface area (TPSA) is 92.8 Å². The molecule has 0 aliphatic carbocycles. The summed E-state index contributed by atoms with van der Waals surface area (Å²) >= 11 is 11.9. The summed E-state index contributed by atoms with van der Waals surface area (Å²) in [5, 5.41) is 1.03. The first-order chi connectivity index (χ1) is 13.6. The van der Waals surface area contributed by atoms with Crippen molar-refractivity contribution < 1.29 is 13.2 Å². The van der Waals surface area contributed by atoms with Gasteiger partial charge in [0.2, 0.25) is 0 Å². The monoisotopic (exact) mass is 453 g/mol. The summed E-state index contributed by atoms with van der Waals surface area (Å²) in [7, 11) is -3.46. The molecule has 2 aromatic carbocycles. The highest BCUT2D eigenvalue weighted by Crippen LogP contribution is 2.28. The molecule has 0 saturated carbocycles. The van der Waals surface area contributed by atoms with Crippen LogP contribution in [0.5, 0.6) is 0 Å². The quantitative estimate of drug-likeness (QED) is 0.694. The summed E-state index contributed by atoms with van der Waals surface area (Å²) in [4.78, 5) is 18.6. The number of aliphatic imine (C=N–C) groups is 1. The van der Waals surface area contributed by atoms with E-state index < -0.39 is 15.4 Å². The molecule has 1 amide bonds. The second-order valence-corrected chi connectivity index (χ2v) is 10.3. The Labute approximate surface area is 180 Å². The number of carbonyl (C=O) groups is 1. The Bertz CT molecular complexity index is 1070. The molecule has 1 atom stereocenters. The van der Waals surface area contributed by atoms with Gasteiger partial charge in [-0.15, -0.1) is 0 Å². The first-order valence-corrected chi connectivity index (χ1v) is 11.5. The first-order valence-electron chi connectivity index (χ1n) is 8.95. The maximum absolute atomic E-state index is 12.9. The van der Waals surface area contributed by atoms with Crippen molar-refractivity contribution in [2.45, 2.75) is 31.2 Å². The van der Waals surface area contributed by atoms with Gasteiger partial charge in [-0.2, -0.15) is 0 Å². The summed E-state index contributed by atoms with van der Waals surface area (Å²) in [6, 6.07) is 13.8. The summed E-state index contributed by atoms with van der Waals surface area (Å²) in [5.41, 5.74) is 6.16. The van der Waals surface area contributed by atoms with Gasteiger partial charge < -0.3 is 5.73 Å². The van der Waals surface area contributed by atoms with E-state index in [2.05, 4.69) is 4.99 Å². The van der Waals surface area contributed by atoms with Crippen LogP contribution < -0.4 is 5.73 Å². The van der Waals surface area contributed by atoms with Gasteiger partial charge in [-0.1, -0.05) is 47.5 Å². The van der Waals surface area contributed by atoms with Gasteiger partial charge in [-0.05, 0) is 48.7 Å². The number of benzene rings is 2. The van der Waals surface area contributed by atoms with E-state index in [9.17, 15) is 13.2 Å². The minimum atomic E-state index is -3.46. The largest absolute Gasteiger partial charge is 0.369 e. The second kappa shape index (κ2) is 8.34. The Morgan fingerprint density at radius 3 is 2.28 bits per heavy atom. The Kier molecular flexibility index (Phi) is 6.22. The maximum Gasteiger partial charge on any atom is 0.257 e. The molecule has 0 spiro atoms. The molecule has 1 aliphatic heterocycles. The van der Waals surface area contributed by atoms with E-state index in [1.54, 1.807) is 49.4 Å². The van der Waals surface area contributed by atoms with Gasteiger partial charge >= 0.3 is 0 Å². The minimum absolute atomic E-state index is 0.0431. The number of sulfone groups is 1. The smallest absolute Gasteiger partial charge is 0.257 e. The average molecular weight is 454 g/mol. The van der Waals surface area contributed by atoms with Crippen LogP contribution in [-0.2, 0) is 26.9 Å². The molecule has 0 bridgehead atoms. The molecule has 1 aliphatic rings. The molecule has 2 aromatic rings. The third-order valence-corrected chi connectivity index (χ3v) is 6.82. The predicted molar refractivity (Wildman–Crippen MR) is 116 cm³/mol. The molecule has 6 nitrogen and oxygen atoms in total. The van der Waals surface area contributed by atoms with Crippen LogP contribution in [0.25, 0.3) is 0 Å². The molecule has 154 valence electrons. The molecular formula is C20H21Cl2N3O3S. The Hall–Kier alpha value is -2.09. The van der Waals surface area contributed by atoms with Crippen LogP contribution in [-0.4, -0.2) is 36.5 Å². The number of hydrogen-bond acceptors (Lipinski definition) is 5. The molecule has 9 heteroatoms. The molecule has 1 unspecified atom stereocenters. The fraction of sp³-hybridized carbons (Fsp3) is 0.300. The number of nitrogens with two attached hydrogens (primary N) is 1. The van der Waals surface area contributed by atoms with Crippen molar-refractivity contribution in [2.24, 2.45) is 10.7 Å². The highest BCUT2D eigenvalue weighted by atomic mass is 35.5. The van der Waals surface area contributed by atoms with Crippen molar-refractivity contribution in [3.8, 4) is 0 Å². The van der Waals surface area contributed by atoms with Crippen LogP contribution in [0.1, 0.15) is 24.5 Å². The third kappa shape index (κ3) is 5.29. The molecule has 1 heterocycles. The van der Waals surface area contributed by atoms with E-state index in [4.69, 9.17) is 28.9 Å². The van der Waals surface area contributed by atoms with Gasteiger partial charge in [0.25, 0.3) is 5.91 Å². The minimum Gasteiger partial charge on any atom is -0.369 e. The number of carbonyl (C=O) groups excluding carboxylic acids is 1. The summed E-state index contributed by atoms with van der Waals surface area (Å²) < 4.78 is 25.1. The van der Waals surface area contributed by atoms with Crippen molar-refractivity contribution >= 4 is 44.9 Å². The fourth-order valence-electron chi connectivity index (χ4n) is 3.20. The van der Waals surface area contributed by atoms with Gasteiger partial charge in [-0.25, -0.2) is 13.4 Å². The van der Waals surface area contributed by atoms with Crippen LogP contribution in [0.4, 0.5) is 0 Å². The number of guanidine groups is 1. The summed E-state index contributed by atoms with van der Waals surface area (Å²) in [5.74, 6) is -0.593. The highest BCUT2D eigenvalue weighted by molar-refractivity contribution is 7.90. The van der Waals surface area contributed by atoms with Gasteiger partial charge in [0.1, 0.15) is 5.54 Å². The molecule has 0 aromatic heterocycles. The van der Waals surface area contributed by atoms with E-state index in [0.29, 0.717) is 15.6 Å². The Balaban J connectivity index is 1.68. The zero-order valence-corrected chi connectivity index (χ0v) is 18.1.